The number of nitrogens with zero attached hydrogens (tertiary/aromatic N) is 7. The lowest BCUT2D eigenvalue weighted by Crippen LogP contribution is -2.11. The Morgan fingerprint density at radius 2 is 1.73 bits per heavy atom. The molecule has 0 spiro atoms. The molecule has 0 N–H and O–H groups in total. The molecule has 4 aromatic rings. The number of hydrogen-bond donors (Lipinski definition) is 0. The van der Waals surface area contributed by atoms with E-state index in [0.717, 1.165) is 17.5 Å². The van der Waals surface area contributed by atoms with Crippen molar-refractivity contribution in [3.05, 3.63) is 41.9 Å². The van der Waals surface area contributed by atoms with E-state index in [1.54, 1.807) is 36.6 Å². The van der Waals surface area contributed by atoms with Crippen LogP contribution in [0.3, 0.4) is 0 Å². The maximum atomic E-state index is 13.1. The summed E-state index contributed by atoms with van der Waals surface area (Å²) in [5.41, 5.74) is 3.12. The highest BCUT2D eigenvalue weighted by Crippen LogP contribution is 2.39. The van der Waals surface area contributed by atoms with E-state index in [1.165, 1.54) is 12.4 Å². The summed E-state index contributed by atoms with van der Waals surface area (Å²) in [4.78, 5) is 10.6. The van der Waals surface area contributed by atoms with Crippen molar-refractivity contribution < 1.29 is 13.2 Å². The number of halogens is 3. The van der Waals surface area contributed by atoms with Crippen molar-refractivity contribution in [1.82, 2.24) is 29.5 Å². The van der Waals surface area contributed by atoms with Crippen LogP contribution < -0.4 is 4.90 Å². The molecular formula is C20H20F3N7. The van der Waals surface area contributed by atoms with Gasteiger partial charge in [-0.1, -0.05) is 6.07 Å². The van der Waals surface area contributed by atoms with Gasteiger partial charge in [-0.3, -0.25) is 4.68 Å². The van der Waals surface area contributed by atoms with Gasteiger partial charge in [-0.05, 0) is 24.6 Å². The van der Waals surface area contributed by atoms with E-state index in [0.29, 0.717) is 39.5 Å². The third-order valence-corrected chi connectivity index (χ3v) is 5.03. The van der Waals surface area contributed by atoms with Crippen LogP contribution in [0, 0.1) is 6.92 Å². The molecule has 0 saturated carbocycles. The van der Waals surface area contributed by atoms with E-state index < -0.39 is 11.7 Å². The SMILES string of the molecule is Cc1cc(C(F)(F)F)ccc1-c1c(-c2nn(C)c3ncnc(N(C)C)c23)cnn1C. The first-order chi connectivity index (χ1) is 14.1. The smallest absolute Gasteiger partial charge is 0.362 e. The van der Waals surface area contributed by atoms with Crippen molar-refractivity contribution in [3.63, 3.8) is 0 Å². The second-order valence-corrected chi connectivity index (χ2v) is 7.32. The Balaban J connectivity index is 1.98. The number of aryl methyl sites for hydroxylation is 3. The standard InChI is InChI=1S/C20H20F3N7/c1-11-8-12(20(21,22)23)6-7-13(11)17-14(9-26-29(17)4)16-15-18(28(2)3)24-10-25-19(15)30(5)27-16/h6-10H,1-5H3. The minimum Gasteiger partial charge on any atom is -0.362 e. The van der Waals surface area contributed by atoms with E-state index in [1.807, 2.05) is 19.0 Å². The lowest BCUT2D eigenvalue weighted by atomic mass is 9.98. The molecule has 0 aliphatic heterocycles. The number of fused-ring (bicyclic) bond motifs is 1. The fraction of sp³-hybridized carbons (Fsp3) is 0.300. The third-order valence-electron chi connectivity index (χ3n) is 5.03. The second kappa shape index (κ2) is 6.82. The molecule has 0 fully saturated rings. The number of rotatable bonds is 3. The molecule has 4 rings (SSSR count). The first-order valence-corrected chi connectivity index (χ1v) is 9.15. The summed E-state index contributed by atoms with van der Waals surface area (Å²) in [6.07, 6.45) is -1.25. The van der Waals surface area contributed by atoms with Crippen LogP contribution in [0.25, 0.3) is 33.5 Å². The Morgan fingerprint density at radius 3 is 2.37 bits per heavy atom. The van der Waals surface area contributed by atoms with Gasteiger partial charge >= 0.3 is 6.18 Å². The molecule has 1 aromatic carbocycles. The number of alkyl halides is 3. The van der Waals surface area contributed by atoms with E-state index >= 15 is 0 Å². The number of benzene rings is 1. The Hall–Kier alpha value is -3.43. The van der Waals surface area contributed by atoms with Crippen molar-refractivity contribution in [3.8, 4) is 22.5 Å². The molecular weight excluding hydrogens is 395 g/mol. The largest absolute Gasteiger partial charge is 0.416 e. The van der Waals surface area contributed by atoms with Gasteiger partial charge in [0.2, 0.25) is 0 Å². The lowest BCUT2D eigenvalue weighted by Gasteiger charge is -2.14. The van der Waals surface area contributed by atoms with Crippen LogP contribution in [-0.4, -0.2) is 43.6 Å². The molecule has 156 valence electrons. The summed E-state index contributed by atoms with van der Waals surface area (Å²) in [5, 5.41) is 9.76. The van der Waals surface area contributed by atoms with Crippen molar-refractivity contribution in [1.29, 1.82) is 0 Å². The van der Waals surface area contributed by atoms with Crippen molar-refractivity contribution >= 4 is 16.9 Å². The summed E-state index contributed by atoms with van der Waals surface area (Å²) in [6, 6.07) is 3.72. The minimum atomic E-state index is -4.40. The van der Waals surface area contributed by atoms with Crippen molar-refractivity contribution in [2.75, 3.05) is 19.0 Å². The average Bonchev–Trinajstić information content (AvgIpc) is 3.21. The van der Waals surface area contributed by atoms with Crippen LogP contribution in [0.4, 0.5) is 19.0 Å². The minimum absolute atomic E-state index is 0.499. The van der Waals surface area contributed by atoms with Gasteiger partial charge in [0.1, 0.15) is 17.8 Å². The summed E-state index contributed by atoms with van der Waals surface area (Å²) in [6.45, 7) is 1.66. The Bertz CT molecular complexity index is 1250. The molecule has 30 heavy (non-hydrogen) atoms. The van der Waals surface area contributed by atoms with Crippen LogP contribution in [0.2, 0.25) is 0 Å². The van der Waals surface area contributed by atoms with Crippen LogP contribution in [0.5, 0.6) is 0 Å². The summed E-state index contributed by atoms with van der Waals surface area (Å²) < 4.78 is 42.6. The third kappa shape index (κ3) is 3.08. The van der Waals surface area contributed by atoms with Gasteiger partial charge in [0, 0.05) is 39.3 Å². The van der Waals surface area contributed by atoms with E-state index in [9.17, 15) is 13.2 Å². The zero-order valence-corrected chi connectivity index (χ0v) is 17.2. The van der Waals surface area contributed by atoms with Crippen LogP contribution in [-0.2, 0) is 20.3 Å². The van der Waals surface area contributed by atoms with Gasteiger partial charge in [0.25, 0.3) is 0 Å². The molecule has 0 radical (unpaired) electrons. The van der Waals surface area contributed by atoms with Gasteiger partial charge < -0.3 is 4.90 Å². The fourth-order valence-electron chi connectivity index (χ4n) is 3.64. The average molecular weight is 415 g/mol. The molecule has 0 amide bonds. The highest BCUT2D eigenvalue weighted by Gasteiger charge is 2.31. The number of aromatic nitrogens is 6. The maximum absolute atomic E-state index is 13.1. The zero-order chi connectivity index (χ0) is 21.8. The van der Waals surface area contributed by atoms with Crippen LogP contribution in [0.1, 0.15) is 11.1 Å². The molecule has 0 atom stereocenters. The molecule has 3 heterocycles. The van der Waals surface area contributed by atoms with Gasteiger partial charge in [-0.2, -0.15) is 23.4 Å². The lowest BCUT2D eigenvalue weighted by molar-refractivity contribution is -0.137. The summed E-state index contributed by atoms with van der Waals surface area (Å²) >= 11 is 0. The normalized spacial score (nSPS) is 12.0. The molecule has 0 bridgehead atoms. The number of anilines is 1. The van der Waals surface area contributed by atoms with Gasteiger partial charge in [0.15, 0.2) is 5.65 Å². The predicted molar refractivity (Wildman–Crippen MR) is 108 cm³/mol. The van der Waals surface area contributed by atoms with Crippen molar-refractivity contribution in [2.45, 2.75) is 13.1 Å². The molecule has 0 unspecified atom stereocenters. The maximum Gasteiger partial charge on any atom is 0.416 e. The number of hydrogen-bond acceptors (Lipinski definition) is 5. The Kier molecular flexibility index (Phi) is 4.52. The molecule has 3 aromatic heterocycles. The van der Waals surface area contributed by atoms with E-state index in [2.05, 4.69) is 20.2 Å². The molecule has 7 nitrogen and oxygen atoms in total. The van der Waals surface area contributed by atoms with E-state index in [4.69, 9.17) is 0 Å². The molecule has 10 heteroatoms. The van der Waals surface area contributed by atoms with Gasteiger partial charge in [-0.25, -0.2) is 14.6 Å². The highest BCUT2D eigenvalue weighted by molar-refractivity contribution is 6.01. The highest BCUT2D eigenvalue weighted by atomic mass is 19.4. The quantitative estimate of drug-likeness (QED) is 0.509. The summed E-state index contributed by atoms with van der Waals surface area (Å²) in [7, 11) is 7.30. The first-order valence-electron chi connectivity index (χ1n) is 9.15. The Morgan fingerprint density at radius 1 is 1.00 bits per heavy atom. The molecule has 0 aliphatic carbocycles. The Labute approximate surface area is 170 Å². The van der Waals surface area contributed by atoms with Crippen molar-refractivity contribution in [2.24, 2.45) is 14.1 Å². The van der Waals surface area contributed by atoms with Crippen LogP contribution >= 0.6 is 0 Å². The first kappa shape index (κ1) is 19.9. The monoisotopic (exact) mass is 415 g/mol. The van der Waals surface area contributed by atoms with Gasteiger partial charge in [-0.15, -0.1) is 0 Å². The molecule has 0 saturated heterocycles. The van der Waals surface area contributed by atoms with Gasteiger partial charge in [0.05, 0.1) is 22.8 Å². The summed E-state index contributed by atoms with van der Waals surface area (Å²) in [5.74, 6) is 0.696. The fourth-order valence-corrected chi connectivity index (χ4v) is 3.64. The zero-order valence-electron chi connectivity index (χ0n) is 17.2. The second-order valence-electron chi connectivity index (χ2n) is 7.32. The topological polar surface area (TPSA) is 64.7 Å². The predicted octanol–water partition coefficient (Wildman–Crippen LogP) is 3.82. The molecule has 0 aliphatic rings. The van der Waals surface area contributed by atoms with Crippen LogP contribution in [0.15, 0.2) is 30.7 Å². The van der Waals surface area contributed by atoms with E-state index in [-0.39, 0.29) is 0 Å².